The van der Waals surface area contributed by atoms with Gasteiger partial charge in [-0.05, 0) is 50.6 Å². The van der Waals surface area contributed by atoms with E-state index in [0.717, 1.165) is 32.5 Å². The van der Waals surface area contributed by atoms with Crippen LogP contribution in [-0.4, -0.2) is 35.7 Å². The number of likely N-dealkylation sites (tertiary alicyclic amines) is 1. The summed E-state index contributed by atoms with van der Waals surface area (Å²) in [6, 6.07) is 5.94. The van der Waals surface area contributed by atoms with Crippen molar-refractivity contribution in [3.63, 3.8) is 0 Å². The second kappa shape index (κ2) is 7.58. The maximum Gasteiger partial charge on any atom is 0.161 e. The third kappa shape index (κ3) is 4.56. The van der Waals surface area contributed by atoms with E-state index in [1.54, 1.807) is 6.07 Å². The Balaban J connectivity index is 0.00000180. The minimum Gasteiger partial charge on any atom is -0.504 e. The smallest absolute Gasteiger partial charge is 0.161 e. The summed E-state index contributed by atoms with van der Waals surface area (Å²) in [6.45, 7) is 5.47. The number of aromatic hydroxyl groups is 1. The number of piperidine rings is 1. The first kappa shape index (κ1) is 16.1. The first-order valence-electron chi connectivity index (χ1n) is 6.61. The van der Waals surface area contributed by atoms with Crippen LogP contribution in [-0.2, 0) is 6.54 Å². The molecule has 1 aliphatic heterocycles. The normalized spacial score (nSPS) is 16.9. The molecule has 5 heteroatoms. The Hall–Kier alpha value is -0.970. The summed E-state index contributed by atoms with van der Waals surface area (Å²) in [5, 5.41) is 9.65. The van der Waals surface area contributed by atoms with Crippen molar-refractivity contribution >= 4 is 12.4 Å². The second-order valence-electron chi connectivity index (χ2n) is 4.85. The van der Waals surface area contributed by atoms with Gasteiger partial charge in [0.2, 0.25) is 0 Å². The summed E-state index contributed by atoms with van der Waals surface area (Å²) in [5.41, 5.74) is 7.07. The van der Waals surface area contributed by atoms with Crippen molar-refractivity contribution in [2.24, 2.45) is 5.73 Å². The predicted molar refractivity (Wildman–Crippen MR) is 79.0 cm³/mol. The highest BCUT2D eigenvalue weighted by atomic mass is 35.5. The molecule has 0 spiro atoms. The number of halogens is 1. The maximum atomic E-state index is 9.65. The Morgan fingerprint density at radius 2 is 2.05 bits per heavy atom. The van der Waals surface area contributed by atoms with Crippen LogP contribution >= 0.6 is 12.4 Å². The first-order valence-corrected chi connectivity index (χ1v) is 6.61. The van der Waals surface area contributed by atoms with E-state index in [1.165, 1.54) is 5.56 Å². The molecule has 1 saturated heterocycles. The molecule has 0 atom stereocenters. The van der Waals surface area contributed by atoms with Crippen molar-refractivity contribution < 1.29 is 9.84 Å². The van der Waals surface area contributed by atoms with E-state index < -0.39 is 0 Å². The minimum absolute atomic E-state index is 0. The van der Waals surface area contributed by atoms with Gasteiger partial charge in [0.05, 0.1) is 6.61 Å². The Kier molecular flexibility index (Phi) is 6.42. The number of hydrogen-bond acceptors (Lipinski definition) is 4. The molecule has 1 aromatic carbocycles. The number of nitrogens with two attached hydrogens (primary N) is 1. The lowest BCUT2D eigenvalue weighted by molar-refractivity contribution is 0.205. The molecule has 108 valence electrons. The highest BCUT2D eigenvalue weighted by Gasteiger charge is 2.16. The number of rotatable bonds is 4. The molecule has 0 saturated carbocycles. The Labute approximate surface area is 121 Å². The lowest BCUT2D eigenvalue weighted by atomic mass is 10.1. The van der Waals surface area contributed by atoms with Crippen LogP contribution in [0.2, 0.25) is 0 Å². The standard InChI is InChI=1S/C14H22N2O2.ClH/c1-2-18-14-9-11(3-4-13(14)17)10-16-7-5-12(15)6-8-16;/h3-4,9,12,17H,2,5-8,10,15H2,1H3;1H. The maximum absolute atomic E-state index is 9.65. The van der Waals surface area contributed by atoms with Gasteiger partial charge in [0.25, 0.3) is 0 Å². The summed E-state index contributed by atoms with van der Waals surface area (Å²) in [7, 11) is 0. The molecule has 1 heterocycles. The number of nitrogens with zero attached hydrogens (tertiary/aromatic N) is 1. The number of benzene rings is 1. The van der Waals surface area contributed by atoms with Gasteiger partial charge in [0.1, 0.15) is 0 Å². The van der Waals surface area contributed by atoms with E-state index in [0.29, 0.717) is 18.4 Å². The molecule has 1 aromatic rings. The van der Waals surface area contributed by atoms with Crippen molar-refractivity contribution in [3.8, 4) is 11.5 Å². The molecule has 2 rings (SSSR count). The van der Waals surface area contributed by atoms with E-state index in [4.69, 9.17) is 10.5 Å². The third-order valence-electron chi connectivity index (χ3n) is 3.36. The molecule has 0 aliphatic carbocycles. The van der Waals surface area contributed by atoms with Gasteiger partial charge in [0, 0.05) is 12.6 Å². The summed E-state index contributed by atoms with van der Waals surface area (Å²) in [4.78, 5) is 2.39. The third-order valence-corrected chi connectivity index (χ3v) is 3.36. The van der Waals surface area contributed by atoms with Gasteiger partial charge in [-0.1, -0.05) is 6.07 Å². The van der Waals surface area contributed by atoms with Crippen LogP contribution in [0.4, 0.5) is 0 Å². The number of hydrogen-bond donors (Lipinski definition) is 2. The Morgan fingerprint density at radius 1 is 1.37 bits per heavy atom. The van der Waals surface area contributed by atoms with E-state index >= 15 is 0 Å². The quantitative estimate of drug-likeness (QED) is 0.890. The fraction of sp³-hybridized carbons (Fsp3) is 0.571. The van der Waals surface area contributed by atoms with Crippen LogP contribution in [0.25, 0.3) is 0 Å². The largest absolute Gasteiger partial charge is 0.504 e. The molecule has 0 amide bonds. The predicted octanol–water partition coefficient (Wildman–Crippen LogP) is 2.14. The molecule has 4 nitrogen and oxygen atoms in total. The number of phenols is 1. The molecule has 19 heavy (non-hydrogen) atoms. The highest BCUT2D eigenvalue weighted by molar-refractivity contribution is 5.85. The summed E-state index contributed by atoms with van der Waals surface area (Å²) < 4.78 is 5.40. The van der Waals surface area contributed by atoms with Gasteiger partial charge in [-0.15, -0.1) is 12.4 Å². The van der Waals surface area contributed by atoms with E-state index in [-0.39, 0.29) is 18.2 Å². The average molecular weight is 287 g/mol. The number of ether oxygens (including phenoxy) is 1. The summed E-state index contributed by atoms with van der Waals surface area (Å²) >= 11 is 0. The van der Waals surface area contributed by atoms with Crippen molar-refractivity contribution in [3.05, 3.63) is 23.8 Å². The Bertz CT molecular complexity index is 393. The average Bonchev–Trinajstić information content (AvgIpc) is 2.37. The molecule has 1 aliphatic rings. The fourth-order valence-electron chi connectivity index (χ4n) is 2.30. The summed E-state index contributed by atoms with van der Waals surface area (Å²) in [5.74, 6) is 0.782. The van der Waals surface area contributed by atoms with Crippen LogP contribution in [0.3, 0.4) is 0 Å². The van der Waals surface area contributed by atoms with Gasteiger partial charge >= 0.3 is 0 Å². The van der Waals surface area contributed by atoms with Crippen molar-refractivity contribution in [2.45, 2.75) is 32.4 Å². The van der Waals surface area contributed by atoms with Gasteiger partial charge < -0.3 is 15.6 Å². The first-order chi connectivity index (χ1) is 8.69. The van der Waals surface area contributed by atoms with Crippen LogP contribution in [0.5, 0.6) is 11.5 Å². The number of phenolic OH excluding ortho intramolecular Hbond substituents is 1. The van der Waals surface area contributed by atoms with Crippen LogP contribution in [0.15, 0.2) is 18.2 Å². The SMILES string of the molecule is CCOc1cc(CN2CCC(N)CC2)ccc1O.Cl. The Morgan fingerprint density at radius 3 is 2.68 bits per heavy atom. The molecule has 0 aromatic heterocycles. The molecular weight excluding hydrogens is 264 g/mol. The fourth-order valence-corrected chi connectivity index (χ4v) is 2.30. The van der Waals surface area contributed by atoms with Crippen LogP contribution in [0.1, 0.15) is 25.3 Å². The zero-order valence-electron chi connectivity index (χ0n) is 11.3. The van der Waals surface area contributed by atoms with E-state index in [9.17, 15) is 5.11 Å². The summed E-state index contributed by atoms with van der Waals surface area (Å²) in [6.07, 6.45) is 2.13. The molecule has 3 N–H and O–H groups in total. The molecule has 1 fully saturated rings. The van der Waals surface area contributed by atoms with Gasteiger partial charge in [-0.3, -0.25) is 4.90 Å². The second-order valence-corrected chi connectivity index (χ2v) is 4.85. The highest BCUT2D eigenvalue weighted by Crippen LogP contribution is 2.27. The van der Waals surface area contributed by atoms with Crippen LogP contribution in [0, 0.1) is 0 Å². The van der Waals surface area contributed by atoms with Gasteiger partial charge in [0.15, 0.2) is 11.5 Å². The van der Waals surface area contributed by atoms with Crippen LogP contribution < -0.4 is 10.5 Å². The van der Waals surface area contributed by atoms with E-state index in [1.807, 2.05) is 19.1 Å². The minimum atomic E-state index is 0. The molecule has 0 radical (unpaired) electrons. The monoisotopic (exact) mass is 286 g/mol. The van der Waals surface area contributed by atoms with Gasteiger partial charge in [-0.2, -0.15) is 0 Å². The molecule has 0 unspecified atom stereocenters. The van der Waals surface area contributed by atoms with E-state index in [2.05, 4.69) is 4.90 Å². The topological polar surface area (TPSA) is 58.7 Å². The lowest BCUT2D eigenvalue weighted by Crippen LogP contribution is -2.39. The van der Waals surface area contributed by atoms with Crippen molar-refractivity contribution in [2.75, 3.05) is 19.7 Å². The molecule has 0 bridgehead atoms. The zero-order valence-corrected chi connectivity index (χ0v) is 12.2. The van der Waals surface area contributed by atoms with Crippen molar-refractivity contribution in [1.29, 1.82) is 0 Å². The van der Waals surface area contributed by atoms with Crippen molar-refractivity contribution in [1.82, 2.24) is 4.90 Å². The lowest BCUT2D eigenvalue weighted by Gasteiger charge is -2.30. The zero-order chi connectivity index (χ0) is 13.0. The van der Waals surface area contributed by atoms with Gasteiger partial charge in [-0.25, -0.2) is 0 Å². The molecular formula is C14H23ClN2O2.